The Morgan fingerprint density at radius 2 is 0.903 bits per heavy atom. The molecule has 0 radical (unpaired) electrons. The number of anilines is 3. The van der Waals surface area contributed by atoms with Crippen LogP contribution in [0.3, 0.4) is 0 Å². The molecule has 9 aromatic rings. The lowest BCUT2D eigenvalue weighted by Crippen LogP contribution is -2.36. The highest BCUT2D eigenvalue weighted by molar-refractivity contribution is 6.13. The molecule has 3 aliphatic rings. The molecule has 0 fully saturated rings. The van der Waals surface area contributed by atoms with Crippen molar-refractivity contribution in [1.82, 2.24) is 5.32 Å². The van der Waals surface area contributed by atoms with Crippen molar-refractivity contribution in [2.75, 3.05) is 4.90 Å². The molecule has 9 aromatic carbocycles. The Kier molecular flexibility index (Phi) is 8.46. The maximum absolute atomic E-state index is 5.40. The van der Waals surface area contributed by atoms with Crippen molar-refractivity contribution in [2.45, 2.75) is 11.6 Å². The smallest absolute Gasteiger partial charge is 0.145 e. The van der Waals surface area contributed by atoms with Gasteiger partial charge in [-0.15, -0.1) is 0 Å². The Bertz CT molecular complexity index is 3160. The molecule has 1 N–H and O–H groups in total. The molecular weight excluding hydrogens is 751 g/mol. The molecule has 1 spiro atoms. The van der Waals surface area contributed by atoms with E-state index in [1.807, 2.05) is 0 Å². The first-order valence-electron chi connectivity index (χ1n) is 21.4. The Labute approximate surface area is 362 Å². The van der Waals surface area contributed by atoms with Crippen LogP contribution in [-0.2, 0) is 5.41 Å². The third-order valence-corrected chi connectivity index (χ3v) is 12.9. The fourth-order valence-corrected chi connectivity index (χ4v) is 10.1. The standard InChI is InChI=1S/C59H41N3/c1-4-17-40(18-5-1)41-31-33-43(34-32-41)58-60-54(42-19-6-2-7-20-42)39-55(61-58)46-22-16-21-44(37-46)45-35-36-49-48-25-10-11-26-50(48)59(53(49)38-45)51-27-12-14-29-56(51)62(47-23-8-3-9-24-47)57-30-15-13-28-52(57)59/h1-39,58,60H. The molecule has 12 rings (SSSR count). The van der Waals surface area contributed by atoms with E-state index in [4.69, 9.17) is 4.99 Å². The van der Waals surface area contributed by atoms with Gasteiger partial charge in [0.15, 0.2) is 0 Å². The minimum absolute atomic E-state index is 0.251. The van der Waals surface area contributed by atoms with Crippen LogP contribution in [0.2, 0.25) is 0 Å². The number of nitrogens with one attached hydrogen (secondary N) is 1. The van der Waals surface area contributed by atoms with Gasteiger partial charge in [0.25, 0.3) is 0 Å². The molecule has 0 bridgehead atoms. The highest BCUT2D eigenvalue weighted by Crippen LogP contribution is 2.63. The van der Waals surface area contributed by atoms with E-state index >= 15 is 0 Å². The van der Waals surface area contributed by atoms with E-state index in [1.165, 1.54) is 61.4 Å². The van der Waals surface area contributed by atoms with Gasteiger partial charge >= 0.3 is 0 Å². The SMILES string of the molecule is C1=C(c2ccccc2)NC(c2ccc(-c3ccccc3)cc2)N=C1c1cccc(-c2ccc3c(c2)C2(c4ccccc4-3)c3ccccc3N(c3ccccc3)c3ccccc32)c1. The zero-order valence-electron chi connectivity index (χ0n) is 34.0. The quantitative estimate of drug-likeness (QED) is 0.182. The molecule has 1 unspecified atom stereocenters. The Morgan fingerprint density at radius 3 is 1.61 bits per heavy atom. The van der Waals surface area contributed by atoms with Gasteiger partial charge in [-0.25, -0.2) is 0 Å². The van der Waals surface area contributed by atoms with Gasteiger partial charge in [-0.2, -0.15) is 0 Å². The summed E-state index contributed by atoms with van der Waals surface area (Å²) in [5.41, 5.74) is 20.8. The van der Waals surface area contributed by atoms with Crippen molar-refractivity contribution in [1.29, 1.82) is 0 Å². The number of hydrogen-bond donors (Lipinski definition) is 1. The number of aliphatic imine (C=N–C) groups is 1. The number of benzene rings is 9. The van der Waals surface area contributed by atoms with Crippen LogP contribution in [0.25, 0.3) is 39.1 Å². The van der Waals surface area contributed by atoms with Crippen LogP contribution in [-0.4, -0.2) is 5.71 Å². The number of para-hydroxylation sites is 3. The Hall–Kier alpha value is -8.01. The first-order valence-corrected chi connectivity index (χ1v) is 21.4. The molecule has 292 valence electrons. The molecule has 1 aliphatic carbocycles. The summed E-state index contributed by atoms with van der Waals surface area (Å²) in [6, 6.07) is 83.7. The zero-order chi connectivity index (χ0) is 41.0. The van der Waals surface area contributed by atoms with Crippen molar-refractivity contribution in [2.24, 2.45) is 4.99 Å². The van der Waals surface area contributed by atoms with E-state index in [1.54, 1.807) is 0 Å². The van der Waals surface area contributed by atoms with E-state index in [9.17, 15) is 0 Å². The summed E-state index contributed by atoms with van der Waals surface area (Å²) in [7, 11) is 0. The molecule has 2 heterocycles. The molecule has 3 heteroatoms. The van der Waals surface area contributed by atoms with Gasteiger partial charge in [-0.3, -0.25) is 4.99 Å². The monoisotopic (exact) mass is 791 g/mol. The van der Waals surface area contributed by atoms with Gasteiger partial charge < -0.3 is 10.2 Å². The maximum atomic E-state index is 5.40. The highest BCUT2D eigenvalue weighted by Gasteiger charge is 2.51. The number of hydrogen-bond acceptors (Lipinski definition) is 3. The van der Waals surface area contributed by atoms with Crippen LogP contribution in [0.5, 0.6) is 0 Å². The normalized spacial score (nSPS) is 15.4. The van der Waals surface area contributed by atoms with E-state index < -0.39 is 5.41 Å². The molecule has 0 saturated carbocycles. The molecular formula is C59H41N3. The van der Waals surface area contributed by atoms with E-state index in [2.05, 4.69) is 247 Å². The second kappa shape index (κ2) is 14.6. The number of allylic oxidation sites excluding steroid dienone is 1. The Morgan fingerprint density at radius 1 is 0.387 bits per heavy atom. The average Bonchev–Trinajstić information content (AvgIpc) is 3.65. The third-order valence-electron chi connectivity index (χ3n) is 12.9. The zero-order valence-corrected chi connectivity index (χ0v) is 34.0. The van der Waals surface area contributed by atoms with Crippen LogP contribution >= 0.6 is 0 Å². The highest BCUT2D eigenvalue weighted by atomic mass is 15.2. The fourth-order valence-electron chi connectivity index (χ4n) is 10.1. The molecule has 1 atom stereocenters. The van der Waals surface area contributed by atoms with Crippen LogP contribution in [0.4, 0.5) is 17.1 Å². The molecule has 3 nitrogen and oxygen atoms in total. The average molecular weight is 792 g/mol. The topological polar surface area (TPSA) is 27.6 Å². The second-order valence-electron chi connectivity index (χ2n) is 16.3. The van der Waals surface area contributed by atoms with Crippen molar-refractivity contribution >= 4 is 28.5 Å². The van der Waals surface area contributed by atoms with Gasteiger partial charge in [-0.05, 0) is 109 Å². The predicted octanol–water partition coefficient (Wildman–Crippen LogP) is 14.3. The van der Waals surface area contributed by atoms with Gasteiger partial charge in [0.1, 0.15) is 6.17 Å². The van der Waals surface area contributed by atoms with Crippen molar-refractivity contribution in [3.05, 3.63) is 276 Å². The second-order valence-corrected chi connectivity index (χ2v) is 16.3. The van der Waals surface area contributed by atoms with Gasteiger partial charge in [0, 0.05) is 16.9 Å². The van der Waals surface area contributed by atoms with Crippen LogP contribution in [0, 0.1) is 0 Å². The summed E-state index contributed by atoms with van der Waals surface area (Å²) in [6.45, 7) is 0. The first-order chi connectivity index (χ1) is 30.7. The number of rotatable bonds is 6. The molecule has 0 saturated heterocycles. The van der Waals surface area contributed by atoms with Crippen LogP contribution in [0.1, 0.15) is 45.1 Å². The minimum Gasteiger partial charge on any atom is -0.360 e. The lowest BCUT2D eigenvalue weighted by atomic mass is 9.64. The summed E-state index contributed by atoms with van der Waals surface area (Å²) in [4.78, 5) is 7.83. The lowest BCUT2D eigenvalue weighted by molar-refractivity contribution is 0.664. The van der Waals surface area contributed by atoms with Gasteiger partial charge in [0.2, 0.25) is 0 Å². The summed E-state index contributed by atoms with van der Waals surface area (Å²) < 4.78 is 0. The van der Waals surface area contributed by atoms with E-state index in [-0.39, 0.29) is 6.17 Å². The molecule has 0 aromatic heterocycles. The third kappa shape index (κ3) is 5.70. The van der Waals surface area contributed by atoms with Crippen molar-refractivity contribution in [3.63, 3.8) is 0 Å². The van der Waals surface area contributed by atoms with Crippen LogP contribution in [0.15, 0.2) is 242 Å². The number of nitrogens with zero attached hydrogens (tertiary/aromatic N) is 2. The molecule has 62 heavy (non-hydrogen) atoms. The summed E-state index contributed by atoms with van der Waals surface area (Å²) >= 11 is 0. The summed E-state index contributed by atoms with van der Waals surface area (Å²) in [5.74, 6) is 0. The summed E-state index contributed by atoms with van der Waals surface area (Å²) in [5, 5.41) is 3.76. The largest absolute Gasteiger partial charge is 0.360 e. The van der Waals surface area contributed by atoms with Gasteiger partial charge in [-0.1, -0.05) is 194 Å². The van der Waals surface area contributed by atoms with E-state index in [0.29, 0.717) is 0 Å². The number of fused-ring (bicyclic) bond motifs is 9. The van der Waals surface area contributed by atoms with Crippen molar-refractivity contribution < 1.29 is 0 Å². The van der Waals surface area contributed by atoms with E-state index in [0.717, 1.165) is 39.3 Å². The minimum atomic E-state index is -0.520. The van der Waals surface area contributed by atoms with Crippen molar-refractivity contribution in [3.8, 4) is 33.4 Å². The molecule has 2 aliphatic heterocycles. The molecule has 0 amide bonds. The van der Waals surface area contributed by atoms with Crippen LogP contribution < -0.4 is 10.2 Å². The lowest BCUT2D eigenvalue weighted by Gasteiger charge is -2.45. The van der Waals surface area contributed by atoms with Gasteiger partial charge in [0.05, 0.1) is 22.5 Å². The predicted molar refractivity (Wildman–Crippen MR) is 256 cm³/mol. The fraction of sp³-hybridized carbons (Fsp3) is 0.0339. The Balaban J connectivity index is 0.994. The summed E-state index contributed by atoms with van der Waals surface area (Å²) in [6.07, 6.45) is 1.95. The first kappa shape index (κ1) is 35.9. The maximum Gasteiger partial charge on any atom is 0.145 e.